The number of carbonyl (C=O) groups is 2. The smallest absolute Gasteiger partial charge is 0.464 e. The van der Waals surface area contributed by atoms with Gasteiger partial charge in [0.2, 0.25) is 0 Å². The van der Waals surface area contributed by atoms with Gasteiger partial charge in [-0.2, -0.15) is 13.2 Å². The summed E-state index contributed by atoms with van der Waals surface area (Å²) in [5.41, 5.74) is -3.56. The molecule has 1 amide bonds. The summed E-state index contributed by atoms with van der Waals surface area (Å²) in [6.07, 6.45) is -2.96. The molecule has 7 nitrogen and oxygen atoms in total. The molecule has 134 valence electrons. The third kappa shape index (κ3) is 3.85. The molecule has 0 saturated carbocycles. The van der Waals surface area contributed by atoms with Crippen LogP contribution in [0.5, 0.6) is 0 Å². The van der Waals surface area contributed by atoms with Crippen LogP contribution in [0.15, 0.2) is 41.1 Å². The number of anilines is 1. The maximum absolute atomic E-state index is 13.7. The molecule has 0 saturated heterocycles. The van der Waals surface area contributed by atoms with Gasteiger partial charge in [-0.15, -0.1) is 0 Å². The number of furan rings is 1. The Kier molecular flexibility index (Phi) is 5.21. The summed E-state index contributed by atoms with van der Waals surface area (Å²) in [5, 5.41) is 3.73. The van der Waals surface area contributed by atoms with Gasteiger partial charge in [-0.3, -0.25) is 10.1 Å². The molecule has 0 spiro atoms. The molecule has 3 N–H and O–H groups in total. The van der Waals surface area contributed by atoms with Crippen LogP contribution in [0, 0.1) is 0 Å². The van der Waals surface area contributed by atoms with Crippen LogP contribution in [0.25, 0.3) is 0 Å². The van der Waals surface area contributed by atoms with Gasteiger partial charge in [0.25, 0.3) is 11.7 Å². The highest BCUT2D eigenvalue weighted by Crippen LogP contribution is 2.32. The summed E-state index contributed by atoms with van der Waals surface area (Å²) in [5.74, 6) is -3.70. The van der Waals surface area contributed by atoms with E-state index in [9.17, 15) is 22.8 Å². The summed E-state index contributed by atoms with van der Waals surface area (Å²) in [6.45, 7) is 0. The molecule has 0 aliphatic rings. The van der Waals surface area contributed by atoms with Crippen LogP contribution in [-0.2, 0) is 9.53 Å². The fraction of sp³-hybridized carbons (Fsp3) is 0.214. The first-order chi connectivity index (χ1) is 11.7. The van der Waals surface area contributed by atoms with E-state index in [-0.39, 0.29) is 10.8 Å². The van der Waals surface area contributed by atoms with Gasteiger partial charge < -0.3 is 9.15 Å². The van der Waals surface area contributed by atoms with E-state index >= 15 is 0 Å². The summed E-state index contributed by atoms with van der Waals surface area (Å²) < 4.78 is 50.2. The number of hydrogen-bond acceptors (Lipinski definition) is 5. The van der Waals surface area contributed by atoms with E-state index in [1.807, 2.05) is 5.32 Å². The van der Waals surface area contributed by atoms with Gasteiger partial charge in [-0.25, -0.2) is 15.1 Å². The lowest BCUT2D eigenvalue weighted by Crippen LogP contribution is -2.69. The lowest BCUT2D eigenvalue weighted by Gasteiger charge is -2.30. The first-order valence-corrected chi connectivity index (χ1v) is 7.04. The molecule has 25 heavy (non-hydrogen) atoms. The molecule has 2 aromatic heterocycles. The molecule has 0 aliphatic heterocycles. The second-order valence-corrected chi connectivity index (χ2v) is 5.15. The lowest BCUT2D eigenvalue weighted by atomic mass is 10.1. The third-order valence-electron chi connectivity index (χ3n) is 3.06. The number of alkyl halides is 3. The van der Waals surface area contributed by atoms with Gasteiger partial charge >= 0.3 is 17.8 Å². The normalized spacial score (nSPS) is 13.6. The predicted molar refractivity (Wildman–Crippen MR) is 78.6 cm³/mol. The molecule has 2 heterocycles. The number of amides is 1. The number of methoxy groups -OCH3 is 1. The fourth-order valence-corrected chi connectivity index (χ4v) is 1.99. The highest BCUT2D eigenvalue weighted by atomic mass is 35.5. The number of aromatic nitrogens is 1. The zero-order chi connectivity index (χ0) is 18.7. The number of halogens is 4. The van der Waals surface area contributed by atoms with Crippen molar-refractivity contribution in [1.29, 1.82) is 0 Å². The van der Waals surface area contributed by atoms with Crippen LogP contribution in [0.2, 0.25) is 5.02 Å². The summed E-state index contributed by atoms with van der Waals surface area (Å²) in [4.78, 5) is 26.4. The van der Waals surface area contributed by atoms with E-state index in [1.165, 1.54) is 18.3 Å². The molecule has 0 bridgehead atoms. The second kappa shape index (κ2) is 7.01. The Balaban J connectivity index is 2.46. The van der Waals surface area contributed by atoms with Crippen molar-refractivity contribution < 1.29 is 36.9 Å². The molecule has 0 unspecified atom stereocenters. The van der Waals surface area contributed by atoms with Crippen molar-refractivity contribution in [1.82, 2.24) is 5.32 Å². The van der Waals surface area contributed by atoms with Crippen molar-refractivity contribution in [2.24, 2.45) is 0 Å². The minimum absolute atomic E-state index is 0.223. The molecule has 0 aromatic carbocycles. The van der Waals surface area contributed by atoms with Crippen molar-refractivity contribution >= 4 is 29.3 Å². The number of carbonyl (C=O) groups excluding carboxylic acids is 2. The van der Waals surface area contributed by atoms with E-state index in [2.05, 4.69) is 9.72 Å². The third-order valence-corrected chi connectivity index (χ3v) is 3.29. The first kappa shape index (κ1) is 18.6. The van der Waals surface area contributed by atoms with Gasteiger partial charge in [0, 0.05) is 6.07 Å². The highest BCUT2D eigenvalue weighted by molar-refractivity contribution is 6.30. The van der Waals surface area contributed by atoms with Gasteiger partial charge in [0.15, 0.2) is 5.76 Å². The Morgan fingerprint density at radius 2 is 2.00 bits per heavy atom. The van der Waals surface area contributed by atoms with Crippen molar-refractivity contribution in [3.63, 3.8) is 0 Å². The highest BCUT2D eigenvalue weighted by Gasteiger charge is 2.68. The van der Waals surface area contributed by atoms with Gasteiger partial charge in [-0.05, 0) is 18.2 Å². The molecule has 0 fully saturated rings. The topological polar surface area (TPSA) is 94.7 Å². The number of pyridine rings is 1. The molecule has 2 aromatic rings. The fourth-order valence-electron chi connectivity index (χ4n) is 1.87. The number of aromatic amines is 1. The number of hydrogen-bond donors (Lipinski definition) is 2. The number of ether oxygens (including phenoxy) is 1. The summed E-state index contributed by atoms with van der Waals surface area (Å²) in [6, 6.07) is 4.89. The Bertz CT molecular complexity index is 750. The maximum atomic E-state index is 13.7. The molecular formula is C14H12ClF3N3O4+. The standard InChI is InChI=1S/C14H11ClF3N3O4/c1-24-12(23)13(14(16,17)18,20-10-5-4-8(15)7-19-10)21-11(22)9-3-2-6-25-9/h2-7H,1H3,(H,19,20)(H,21,22)/p+1/t13-/m0/s1. The summed E-state index contributed by atoms with van der Waals surface area (Å²) in [7, 11) is 0.759. The minimum atomic E-state index is -5.25. The molecular weight excluding hydrogens is 367 g/mol. The zero-order valence-corrected chi connectivity index (χ0v) is 13.4. The van der Waals surface area contributed by atoms with E-state index in [0.717, 1.165) is 25.5 Å². The van der Waals surface area contributed by atoms with Gasteiger partial charge in [-0.1, -0.05) is 11.6 Å². The van der Waals surface area contributed by atoms with Gasteiger partial charge in [0.1, 0.15) is 6.20 Å². The van der Waals surface area contributed by atoms with Crippen LogP contribution in [0.4, 0.5) is 19.0 Å². The van der Waals surface area contributed by atoms with E-state index in [4.69, 9.17) is 16.0 Å². The van der Waals surface area contributed by atoms with E-state index in [1.54, 1.807) is 5.32 Å². The number of esters is 1. The monoisotopic (exact) mass is 378 g/mol. The average molecular weight is 379 g/mol. The molecule has 11 heteroatoms. The molecule has 2 rings (SSSR count). The molecule has 0 radical (unpaired) electrons. The van der Waals surface area contributed by atoms with Crippen LogP contribution < -0.4 is 15.6 Å². The number of nitrogens with one attached hydrogen (secondary N) is 3. The van der Waals surface area contributed by atoms with Crippen LogP contribution in [-0.4, -0.2) is 30.8 Å². The largest absolute Gasteiger partial charge is 0.464 e. The van der Waals surface area contributed by atoms with Crippen LogP contribution >= 0.6 is 11.6 Å². The van der Waals surface area contributed by atoms with Crippen LogP contribution in [0.1, 0.15) is 10.6 Å². The SMILES string of the molecule is COC(=O)[C@@](NC(=O)c1ccco1)(Nc1ccc(Cl)c[nH+]1)C(F)(F)F. The van der Waals surface area contributed by atoms with Crippen molar-refractivity contribution in [2.75, 3.05) is 12.4 Å². The minimum Gasteiger partial charge on any atom is -0.464 e. The molecule has 0 aliphatic carbocycles. The van der Waals surface area contributed by atoms with Crippen molar-refractivity contribution in [2.45, 2.75) is 11.8 Å². The Morgan fingerprint density at radius 3 is 2.48 bits per heavy atom. The number of H-pyrrole nitrogens is 1. The lowest BCUT2D eigenvalue weighted by molar-refractivity contribution is -0.362. The Morgan fingerprint density at radius 1 is 1.28 bits per heavy atom. The number of rotatable bonds is 5. The second-order valence-electron chi connectivity index (χ2n) is 4.72. The Labute approximate surface area is 144 Å². The maximum Gasteiger partial charge on any atom is 0.464 e. The van der Waals surface area contributed by atoms with Crippen molar-refractivity contribution in [3.05, 3.63) is 47.5 Å². The van der Waals surface area contributed by atoms with E-state index < -0.39 is 29.5 Å². The molecule has 1 atom stereocenters. The van der Waals surface area contributed by atoms with Gasteiger partial charge in [0.05, 0.1) is 18.4 Å². The Hall–Kier alpha value is -2.75. The van der Waals surface area contributed by atoms with E-state index in [0.29, 0.717) is 0 Å². The first-order valence-electron chi connectivity index (χ1n) is 6.66. The van der Waals surface area contributed by atoms with Crippen LogP contribution in [0.3, 0.4) is 0 Å². The zero-order valence-electron chi connectivity index (χ0n) is 12.6. The predicted octanol–water partition coefficient (Wildman–Crippen LogP) is 2.02. The average Bonchev–Trinajstić information content (AvgIpc) is 3.09. The summed E-state index contributed by atoms with van der Waals surface area (Å²) >= 11 is 5.66. The quantitative estimate of drug-likeness (QED) is 0.613. The van der Waals surface area contributed by atoms with Crippen molar-refractivity contribution in [3.8, 4) is 0 Å².